The second kappa shape index (κ2) is 8.87. The van der Waals surface area contributed by atoms with Gasteiger partial charge in [0.25, 0.3) is 0 Å². The maximum atomic E-state index is 13.0. The van der Waals surface area contributed by atoms with Gasteiger partial charge in [-0.1, -0.05) is 6.07 Å². The van der Waals surface area contributed by atoms with Crippen LogP contribution in [0.15, 0.2) is 42.5 Å². The number of piperidine rings is 1. The summed E-state index contributed by atoms with van der Waals surface area (Å²) in [5.74, 6) is 0.782. The number of methoxy groups -OCH3 is 2. The number of benzene rings is 2. The SMILES string of the molecule is COc1ccc(CC(=O)N2CCC(C(=O)c3ccc(F)cc3)CC2)cc1OC. The van der Waals surface area contributed by atoms with Crippen LogP contribution < -0.4 is 9.47 Å². The molecule has 0 aromatic heterocycles. The molecule has 1 aliphatic rings. The van der Waals surface area contributed by atoms with E-state index in [4.69, 9.17) is 9.47 Å². The van der Waals surface area contributed by atoms with Gasteiger partial charge in [-0.05, 0) is 54.8 Å². The zero-order valence-electron chi connectivity index (χ0n) is 16.1. The molecule has 0 aliphatic carbocycles. The van der Waals surface area contributed by atoms with Gasteiger partial charge in [-0.25, -0.2) is 4.39 Å². The lowest BCUT2D eigenvalue weighted by Gasteiger charge is -2.31. The molecule has 1 heterocycles. The largest absolute Gasteiger partial charge is 0.493 e. The molecule has 1 amide bonds. The second-order valence-corrected chi connectivity index (χ2v) is 6.89. The van der Waals surface area contributed by atoms with Gasteiger partial charge in [0.05, 0.1) is 20.6 Å². The fraction of sp³-hybridized carbons (Fsp3) is 0.364. The Morgan fingerprint density at radius 2 is 1.64 bits per heavy atom. The molecule has 3 rings (SSSR count). The number of hydrogen-bond donors (Lipinski definition) is 0. The van der Waals surface area contributed by atoms with Gasteiger partial charge in [-0.15, -0.1) is 0 Å². The lowest BCUT2D eigenvalue weighted by atomic mass is 9.88. The molecule has 0 atom stereocenters. The second-order valence-electron chi connectivity index (χ2n) is 6.89. The Kier molecular flexibility index (Phi) is 6.29. The maximum Gasteiger partial charge on any atom is 0.226 e. The molecule has 2 aromatic carbocycles. The van der Waals surface area contributed by atoms with E-state index in [0.29, 0.717) is 43.0 Å². The first-order valence-electron chi connectivity index (χ1n) is 9.30. The average molecular weight is 385 g/mol. The summed E-state index contributed by atoms with van der Waals surface area (Å²) < 4.78 is 23.5. The summed E-state index contributed by atoms with van der Waals surface area (Å²) in [7, 11) is 3.13. The molecule has 2 aromatic rings. The van der Waals surface area contributed by atoms with E-state index in [-0.39, 0.29) is 29.8 Å². The first-order chi connectivity index (χ1) is 13.5. The van der Waals surface area contributed by atoms with Crippen LogP contribution in [-0.4, -0.2) is 43.9 Å². The molecule has 6 heteroatoms. The van der Waals surface area contributed by atoms with Gasteiger partial charge in [-0.3, -0.25) is 9.59 Å². The van der Waals surface area contributed by atoms with Gasteiger partial charge < -0.3 is 14.4 Å². The van der Waals surface area contributed by atoms with Crippen LogP contribution in [0.2, 0.25) is 0 Å². The van der Waals surface area contributed by atoms with Crippen molar-refractivity contribution in [2.24, 2.45) is 5.92 Å². The fourth-order valence-electron chi connectivity index (χ4n) is 3.52. The number of Topliss-reactive ketones (excluding diaryl/α,β-unsaturated/α-hetero) is 1. The van der Waals surface area contributed by atoms with Crippen LogP contribution >= 0.6 is 0 Å². The van der Waals surface area contributed by atoms with Crippen molar-refractivity contribution in [1.82, 2.24) is 4.90 Å². The molecule has 1 aliphatic heterocycles. The summed E-state index contributed by atoms with van der Waals surface area (Å²) in [5.41, 5.74) is 1.38. The average Bonchev–Trinajstić information content (AvgIpc) is 2.73. The molecule has 0 unspecified atom stereocenters. The zero-order valence-corrected chi connectivity index (χ0v) is 16.1. The van der Waals surface area contributed by atoms with Gasteiger partial charge >= 0.3 is 0 Å². The van der Waals surface area contributed by atoms with Crippen molar-refractivity contribution in [2.75, 3.05) is 27.3 Å². The monoisotopic (exact) mass is 385 g/mol. The number of halogens is 1. The van der Waals surface area contributed by atoms with Crippen LogP contribution in [0.25, 0.3) is 0 Å². The third-order valence-electron chi connectivity index (χ3n) is 5.15. The number of rotatable bonds is 6. The standard InChI is InChI=1S/C22H24FNO4/c1-27-19-8-3-15(13-20(19)28-2)14-21(25)24-11-9-17(10-12-24)22(26)16-4-6-18(23)7-5-16/h3-8,13,17H,9-12,14H2,1-2H3. The Hall–Kier alpha value is -2.89. The van der Waals surface area contributed by atoms with E-state index in [2.05, 4.69) is 0 Å². The van der Waals surface area contributed by atoms with Crippen molar-refractivity contribution in [2.45, 2.75) is 19.3 Å². The van der Waals surface area contributed by atoms with Gasteiger partial charge in [0.2, 0.25) is 5.91 Å². The van der Waals surface area contributed by atoms with Crippen molar-refractivity contribution in [1.29, 1.82) is 0 Å². The summed E-state index contributed by atoms with van der Waals surface area (Å²) in [6.07, 6.45) is 1.51. The number of hydrogen-bond acceptors (Lipinski definition) is 4. The highest BCUT2D eigenvalue weighted by Gasteiger charge is 2.28. The van der Waals surface area contributed by atoms with Gasteiger partial charge in [0.15, 0.2) is 17.3 Å². The molecule has 0 radical (unpaired) electrons. The summed E-state index contributed by atoms with van der Waals surface area (Å²) in [5, 5.41) is 0. The highest BCUT2D eigenvalue weighted by molar-refractivity contribution is 5.98. The predicted octanol–water partition coefficient (Wildman–Crippen LogP) is 3.51. The number of likely N-dealkylation sites (tertiary alicyclic amines) is 1. The molecular formula is C22H24FNO4. The van der Waals surface area contributed by atoms with E-state index in [0.717, 1.165) is 5.56 Å². The highest BCUT2D eigenvalue weighted by atomic mass is 19.1. The van der Waals surface area contributed by atoms with E-state index in [1.165, 1.54) is 24.3 Å². The number of amides is 1. The van der Waals surface area contributed by atoms with Crippen LogP contribution in [0.4, 0.5) is 4.39 Å². The molecule has 0 spiro atoms. The maximum absolute atomic E-state index is 13.0. The van der Waals surface area contributed by atoms with Gasteiger partial charge in [-0.2, -0.15) is 0 Å². The van der Waals surface area contributed by atoms with Crippen LogP contribution in [0.1, 0.15) is 28.8 Å². The number of carbonyl (C=O) groups excluding carboxylic acids is 2. The molecule has 148 valence electrons. The molecule has 5 nitrogen and oxygen atoms in total. The highest BCUT2D eigenvalue weighted by Crippen LogP contribution is 2.28. The van der Waals surface area contributed by atoms with E-state index in [1.54, 1.807) is 25.2 Å². The Labute approximate surface area is 164 Å². The normalized spacial score (nSPS) is 14.6. The van der Waals surface area contributed by atoms with Crippen molar-refractivity contribution in [3.8, 4) is 11.5 Å². The summed E-state index contributed by atoms with van der Waals surface area (Å²) in [6.45, 7) is 1.09. The summed E-state index contributed by atoms with van der Waals surface area (Å²) >= 11 is 0. The quantitative estimate of drug-likeness (QED) is 0.714. The van der Waals surface area contributed by atoms with E-state index >= 15 is 0 Å². The first kappa shape index (κ1) is 19.9. The topological polar surface area (TPSA) is 55.8 Å². The number of ether oxygens (including phenoxy) is 2. The van der Waals surface area contributed by atoms with Gasteiger partial charge in [0.1, 0.15) is 5.82 Å². The van der Waals surface area contributed by atoms with E-state index in [1.807, 2.05) is 12.1 Å². The number of carbonyl (C=O) groups is 2. The molecule has 0 bridgehead atoms. The molecule has 0 N–H and O–H groups in total. The minimum absolute atomic E-state index is 0.0204. The summed E-state index contributed by atoms with van der Waals surface area (Å²) in [4.78, 5) is 27.0. The van der Waals surface area contributed by atoms with Crippen LogP contribution in [0.5, 0.6) is 11.5 Å². The Morgan fingerprint density at radius 1 is 1.00 bits per heavy atom. The third kappa shape index (κ3) is 4.50. The van der Waals surface area contributed by atoms with E-state index < -0.39 is 0 Å². The smallest absolute Gasteiger partial charge is 0.226 e. The first-order valence-corrected chi connectivity index (χ1v) is 9.30. The molecule has 1 saturated heterocycles. The molecular weight excluding hydrogens is 361 g/mol. The Balaban J connectivity index is 1.56. The lowest BCUT2D eigenvalue weighted by molar-refractivity contribution is -0.131. The number of ketones is 1. The third-order valence-corrected chi connectivity index (χ3v) is 5.15. The molecule has 0 saturated carbocycles. The molecule has 28 heavy (non-hydrogen) atoms. The predicted molar refractivity (Wildman–Crippen MR) is 103 cm³/mol. The minimum Gasteiger partial charge on any atom is -0.493 e. The fourth-order valence-corrected chi connectivity index (χ4v) is 3.52. The Morgan fingerprint density at radius 3 is 2.25 bits per heavy atom. The van der Waals surface area contributed by atoms with Crippen molar-refractivity contribution in [3.05, 3.63) is 59.4 Å². The summed E-state index contributed by atoms with van der Waals surface area (Å²) in [6, 6.07) is 11.1. The van der Waals surface area contributed by atoms with Crippen LogP contribution in [-0.2, 0) is 11.2 Å². The van der Waals surface area contributed by atoms with Crippen molar-refractivity contribution < 1.29 is 23.5 Å². The number of nitrogens with zero attached hydrogens (tertiary/aromatic N) is 1. The Bertz CT molecular complexity index is 842. The van der Waals surface area contributed by atoms with E-state index in [9.17, 15) is 14.0 Å². The van der Waals surface area contributed by atoms with Crippen LogP contribution in [0, 0.1) is 11.7 Å². The van der Waals surface area contributed by atoms with Crippen molar-refractivity contribution >= 4 is 11.7 Å². The van der Waals surface area contributed by atoms with Crippen molar-refractivity contribution in [3.63, 3.8) is 0 Å². The minimum atomic E-state index is -0.355. The lowest BCUT2D eigenvalue weighted by Crippen LogP contribution is -2.41. The molecule has 1 fully saturated rings. The van der Waals surface area contributed by atoms with Crippen LogP contribution in [0.3, 0.4) is 0 Å². The van der Waals surface area contributed by atoms with Gasteiger partial charge in [0, 0.05) is 24.6 Å². The zero-order chi connectivity index (χ0) is 20.1.